The molecule has 0 aliphatic heterocycles. The number of nitrogens with zero attached hydrogens (tertiary/aromatic N) is 2. The van der Waals surface area contributed by atoms with Crippen LogP contribution in [0.25, 0.3) is 11.1 Å². The fourth-order valence-electron chi connectivity index (χ4n) is 1.41. The van der Waals surface area contributed by atoms with Gasteiger partial charge in [0.15, 0.2) is 0 Å². The Morgan fingerprint density at radius 2 is 1.94 bits per heavy atom. The molecule has 0 saturated heterocycles. The highest BCUT2D eigenvalue weighted by molar-refractivity contribution is 6.33. The van der Waals surface area contributed by atoms with Crippen molar-refractivity contribution < 1.29 is 4.92 Å². The molecule has 0 aliphatic carbocycles. The first kappa shape index (κ1) is 11.8. The van der Waals surface area contributed by atoms with E-state index in [0.717, 1.165) is 0 Å². The lowest BCUT2D eigenvalue weighted by Crippen LogP contribution is -1.92. The zero-order valence-electron chi connectivity index (χ0n) is 8.43. The summed E-state index contributed by atoms with van der Waals surface area (Å²) in [6, 6.07) is 8.40. The van der Waals surface area contributed by atoms with E-state index in [4.69, 9.17) is 23.2 Å². The van der Waals surface area contributed by atoms with Gasteiger partial charge in [-0.05, 0) is 6.07 Å². The summed E-state index contributed by atoms with van der Waals surface area (Å²) in [5, 5.41) is 11.1. The van der Waals surface area contributed by atoms with Gasteiger partial charge in [0, 0.05) is 28.4 Å². The Morgan fingerprint density at radius 1 is 1.24 bits per heavy atom. The highest BCUT2D eigenvalue weighted by Crippen LogP contribution is 2.31. The second-order valence-corrected chi connectivity index (χ2v) is 4.04. The predicted molar refractivity (Wildman–Crippen MR) is 66.3 cm³/mol. The predicted octanol–water partition coefficient (Wildman–Crippen LogP) is 3.96. The summed E-state index contributed by atoms with van der Waals surface area (Å²) >= 11 is 11.6. The van der Waals surface area contributed by atoms with Gasteiger partial charge in [-0.15, -0.1) is 0 Å². The molecule has 1 heterocycles. The number of hydrogen-bond donors (Lipinski definition) is 0. The molecule has 6 heteroatoms. The van der Waals surface area contributed by atoms with Crippen molar-refractivity contribution in [3.63, 3.8) is 0 Å². The lowest BCUT2D eigenvalue weighted by Gasteiger charge is -2.04. The van der Waals surface area contributed by atoms with Crippen molar-refractivity contribution in [2.75, 3.05) is 0 Å². The summed E-state index contributed by atoms with van der Waals surface area (Å²) in [6.07, 6.45) is 1.45. The Hall–Kier alpha value is -1.65. The highest BCUT2D eigenvalue weighted by Gasteiger charge is 2.15. The van der Waals surface area contributed by atoms with E-state index in [0.29, 0.717) is 16.1 Å². The van der Waals surface area contributed by atoms with Gasteiger partial charge in [-0.2, -0.15) is 0 Å². The molecule has 0 spiro atoms. The Bertz CT molecular complexity index is 587. The zero-order chi connectivity index (χ0) is 12.4. The smallest absolute Gasteiger partial charge is 0.258 e. The number of pyridine rings is 1. The number of nitro groups is 1. The van der Waals surface area contributed by atoms with Crippen molar-refractivity contribution in [2.24, 2.45) is 0 Å². The maximum absolute atomic E-state index is 10.7. The van der Waals surface area contributed by atoms with E-state index in [-0.39, 0.29) is 10.8 Å². The van der Waals surface area contributed by atoms with Crippen molar-refractivity contribution in [1.82, 2.24) is 4.98 Å². The van der Waals surface area contributed by atoms with E-state index < -0.39 is 4.92 Å². The molecule has 1 aromatic heterocycles. The average Bonchev–Trinajstić information content (AvgIpc) is 2.30. The third kappa shape index (κ3) is 2.38. The van der Waals surface area contributed by atoms with Crippen LogP contribution in [0.5, 0.6) is 0 Å². The molecule has 0 N–H and O–H groups in total. The van der Waals surface area contributed by atoms with Gasteiger partial charge in [-0.1, -0.05) is 41.4 Å². The summed E-state index contributed by atoms with van der Waals surface area (Å²) < 4.78 is 0. The van der Waals surface area contributed by atoms with E-state index >= 15 is 0 Å². The maximum Gasteiger partial charge on any atom is 0.307 e. The minimum absolute atomic E-state index is 0.134. The molecule has 0 saturated carbocycles. The third-order valence-electron chi connectivity index (χ3n) is 2.20. The molecule has 4 nitrogen and oxygen atoms in total. The molecule has 0 amide bonds. The Kier molecular flexibility index (Phi) is 3.26. The van der Waals surface area contributed by atoms with Gasteiger partial charge in [-0.3, -0.25) is 10.1 Å². The van der Waals surface area contributed by atoms with Crippen LogP contribution in [0.1, 0.15) is 0 Å². The zero-order valence-corrected chi connectivity index (χ0v) is 9.94. The molecular formula is C11H6Cl2N2O2. The van der Waals surface area contributed by atoms with Crippen molar-refractivity contribution in [3.05, 3.63) is 56.8 Å². The monoisotopic (exact) mass is 268 g/mol. The summed E-state index contributed by atoms with van der Waals surface area (Å²) in [6.45, 7) is 0. The second-order valence-electron chi connectivity index (χ2n) is 3.27. The fourth-order valence-corrected chi connectivity index (χ4v) is 1.82. The maximum atomic E-state index is 10.7. The fraction of sp³-hybridized carbons (Fsp3) is 0. The first-order valence-corrected chi connectivity index (χ1v) is 5.40. The standard InChI is InChI=1S/C11H6Cl2N2O2/c12-9-4-2-1-3-8(9)7-5-10(15(16)17)11(13)14-6-7/h1-6H. The number of benzene rings is 1. The number of halogens is 2. The lowest BCUT2D eigenvalue weighted by molar-refractivity contribution is -0.385. The molecule has 2 rings (SSSR count). The Morgan fingerprint density at radius 3 is 2.59 bits per heavy atom. The summed E-state index contributed by atoms with van der Waals surface area (Å²) in [7, 11) is 0. The minimum Gasteiger partial charge on any atom is -0.258 e. The van der Waals surface area contributed by atoms with Gasteiger partial charge in [-0.25, -0.2) is 4.98 Å². The molecule has 1 aromatic carbocycles. The van der Waals surface area contributed by atoms with Crippen LogP contribution in [0.3, 0.4) is 0 Å². The van der Waals surface area contributed by atoms with Gasteiger partial charge in [0.2, 0.25) is 5.15 Å². The van der Waals surface area contributed by atoms with Gasteiger partial charge in [0.25, 0.3) is 0 Å². The third-order valence-corrected chi connectivity index (χ3v) is 2.82. The molecule has 2 aromatic rings. The van der Waals surface area contributed by atoms with E-state index in [1.54, 1.807) is 24.3 Å². The van der Waals surface area contributed by atoms with Crippen LogP contribution < -0.4 is 0 Å². The highest BCUT2D eigenvalue weighted by atomic mass is 35.5. The molecule has 86 valence electrons. The summed E-state index contributed by atoms with van der Waals surface area (Å²) in [4.78, 5) is 13.9. The van der Waals surface area contributed by atoms with E-state index in [2.05, 4.69) is 4.98 Å². The SMILES string of the molecule is O=[N+]([O-])c1cc(-c2ccccc2Cl)cnc1Cl. The average molecular weight is 269 g/mol. The van der Waals surface area contributed by atoms with Crippen molar-refractivity contribution in [1.29, 1.82) is 0 Å². The number of aromatic nitrogens is 1. The van der Waals surface area contributed by atoms with Crippen molar-refractivity contribution in [3.8, 4) is 11.1 Å². The summed E-state index contributed by atoms with van der Waals surface area (Å²) in [5.74, 6) is 0. The molecule has 0 radical (unpaired) electrons. The van der Waals surface area contributed by atoms with E-state index in [1.165, 1.54) is 12.3 Å². The molecule has 0 bridgehead atoms. The first-order chi connectivity index (χ1) is 8.09. The molecule has 0 atom stereocenters. The topological polar surface area (TPSA) is 56.0 Å². The van der Waals surface area contributed by atoms with Gasteiger partial charge in [0.1, 0.15) is 0 Å². The van der Waals surface area contributed by atoms with Gasteiger partial charge >= 0.3 is 5.69 Å². The molecule has 0 fully saturated rings. The van der Waals surface area contributed by atoms with Crippen LogP contribution >= 0.6 is 23.2 Å². The van der Waals surface area contributed by atoms with Crippen molar-refractivity contribution in [2.45, 2.75) is 0 Å². The quantitative estimate of drug-likeness (QED) is 0.471. The van der Waals surface area contributed by atoms with Gasteiger partial charge < -0.3 is 0 Å². The molecule has 0 unspecified atom stereocenters. The van der Waals surface area contributed by atoms with Crippen LogP contribution in [-0.2, 0) is 0 Å². The van der Waals surface area contributed by atoms with Crippen LogP contribution in [-0.4, -0.2) is 9.91 Å². The normalized spacial score (nSPS) is 10.2. The first-order valence-electron chi connectivity index (χ1n) is 4.64. The van der Waals surface area contributed by atoms with Crippen molar-refractivity contribution >= 4 is 28.9 Å². The molecular weight excluding hydrogens is 263 g/mol. The van der Waals surface area contributed by atoms with Gasteiger partial charge in [0.05, 0.1) is 4.92 Å². The number of rotatable bonds is 2. The largest absolute Gasteiger partial charge is 0.307 e. The Labute approximate surface area is 107 Å². The second kappa shape index (κ2) is 4.69. The number of hydrogen-bond acceptors (Lipinski definition) is 3. The van der Waals surface area contributed by atoms with E-state index in [1.807, 2.05) is 0 Å². The van der Waals surface area contributed by atoms with E-state index in [9.17, 15) is 10.1 Å². The van der Waals surface area contributed by atoms with Crippen LogP contribution in [0.15, 0.2) is 36.5 Å². The molecule has 17 heavy (non-hydrogen) atoms. The molecule has 0 aliphatic rings. The van der Waals surface area contributed by atoms with Crippen LogP contribution in [0.2, 0.25) is 10.2 Å². The summed E-state index contributed by atoms with van der Waals surface area (Å²) in [5.41, 5.74) is 1.01. The Balaban J connectivity index is 2.58. The van der Waals surface area contributed by atoms with Crippen LogP contribution in [0.4, 0.5) is 5.69 Å². The lowest BCUT2D eigenvalue weighted by atomic mass is 10.1. The minimum atomic E-state index is -0.574. The van der Waals surface area contributed by atoms with Crippen LogP contribution in [0, 0.1) is 10.1 Å².